The Kier molecular flexibility index (Phi) is 4.93. The second kappa shape index (κ2) is 7.89. The molecule has 1 spiro atoms. The number of amides is 4. The van der Waals surface area contributed by atoms with Crippen LogP contribution in [0.15, 0.2) is 30.3 Å². The van der Waals surface area contributed by atoms with Crippen LogP contribution in [0.4, 0.5) is 0 Å². The van der Waals surface area contributed by atoms with Crippen LogP contribution in [-0.4, -0.2) is 45.7 Å². The van der Waals surface area contributed by atoms with E-state index in [0.717, 1.165) is 23.6 Å². The maximum atomic E-state index is 13.3. The SMILES string of the molecule is O=C1CCC(N2C(=O)c3cccc(CNCc4ccc5n4CCNC54CCC4)c3C2=O)C(=O)N1. The fraction of sp³-hybridized carbons (Fsp3) is 0.440. The summed E-state index contributed by atoms with van der Waals surface area (Å²) in [4.78, 5) is 51.1. The van der Waals surface area contributed by atoms with E-state index in [1.165, 1.54) is 30.7 Å². The molecule has 1 aliphatic carbocycles. The zero-order chi connectivity index (χ0) is 23.4. The third-order valence-electron chi connectivity index (χ3n) is 7.74. The summed E-state index contributed by atoms with van der Waals surface area (Å²) in [5.41, 5.74) is 4.11. The first-order valence-corrected chi connectivity index (χ1v) is 12.0. The lowest BCUT2D eigenvalue weighted by Crippen LogP contribution is -2.54. The number of nitrogens with zero attached hydrogens (tertiary/aromatic N) is 2. The number of imide groups is 2. The monoisotopic (exact) mass is 461 g/mol. The third kappa shape index (κ3) is 3.14. The number of carbonyl (C=O) groups excluding carboxylic acids is 4. The predicted molar refractivity (Wildman–Crippen MR) is 122 cm³/mol. The maximum absolute atomic E-state index is 13.3. The molecule has 1 atom stereocenters. The number of rotatable bonds is 5. The van der Waals surface area contributed by atoms with Crippen LogP contribution in [0.1, 0.15) is 69.8 Å². The molecular formula is C25H27N5O4. The maximum Gasteiger partial charge on any atom is 0.262 e. The highest BCUT2D eigenvalue weighted by Crippen LogP contribution is 2.43. The van der Waals surface area contributed by atoms with Crippen molar-refractivity contribution in [3.8, 4) is 0 Å². The number of aromatic nitrogens is 1. The summed E-state index contributed by atoms with van der Waals surface area (Å²) < 4.78 is 2.40. The fourth-order valence-corrected chi connectivity index (χ4v) is 5.86. The zero-order valence-electron chi connectivity index (χ0n) is 18.9. The van der Waals surface area contributed by atoms with Crippen LogP contribution in [0.25, 0.3) is 0 Å². The van der Waals surface area contributed by atoms with Crippen LogP contribution in [0.2, 0.25) is 0 Å². The van der Waals surface area contributed by atoms with Gasteiger partial charge in [0.25, 0.3) is 11.8 Å². The normalized spacial score (nSPS) is 23.1. The van der Waals surface area contributed by atoms with E-state index in [0.29, 0.717) is 24.2 Å². The lowest BCUT2D eigenvalue weighted by Gasteiger charge is -2.46. The van der Waals surface area contributed by atoms with Gasteiger partial charge in [0.1, 0.15) is 6.04 Å². The lowest BCUT2D eigenvalue weighted by atomic mass is 9.73. The van der Waals surface area contributed by atoms with Crippen molar-refractivity contribution in [2.45, 2.75) is 63.3 Å². The van der Waals surface area contributed by atoms with Crippen molar-refractivity contribution in [3.05, 3.63) is 58.4 Å². The number of fused-ring (bicyclic) bond motifs is 3. The first-order chi connectivity index (χ1) is 16.5. The van der Waals surface area contributed by atoms with Gasteiger partial charge in [-0.2, -0.15) is 0 Å². The molecule has 1 unspecified atom stereocenters. The first-order valence-electron chi connectivity index (χ1n) is 12.0. The largest absolute Gasteiger partial charge is 0.344 e. The van der Waals surface area contributed by atoms with Crippen molar-refractivity contribution in [1.82, 2.24) is 25.4 Å². The van der Waals surface area contributed by atoms with Crippen LogP contribution in [-0.2, 0) is 34.8 Å². The summed E-state index contributed by atoms with van der Waals surface area (Å²) >= 11 is 0. The Morgan fingerprint density at radius 2 is 1.88 bits per heavy atom. The molecule has 9 nitrogen and oxygen atoms in total. The number of nitrogens with one attached hydrogen (secondary N) is 3. The van der Waals surface area contributed by atoms with Crippen LogP contribution >= 0.6 is 0 Å². The molecule has 2 fully saturated rings. The van der Waals surface area contributed by atoms with Gasteiger partial charge in [-0.3, -0.25) is 29.4 Å². The molecule has 3 aliphatic heterocycles. The number of hydrogen-bond donors (Lipinski definition) is 3. The molecule has 6 rings (SSSR count). The molecule has 4 heterocycles. The Hall–Kier alpha value is -3.30. The van der Waals surface area contributed by atoms with E-state index in [1.54, 1.807) is 12.1 Å². The molecule has 4 amide bonds. The number of carbonyl (C=O) groups is 4. The Morgan fingerprint density at radius 3 is 2.65 bits per heavy atom. The van der Waals surface area contributed by atoms with Crippen molar-refractivity contribution < 1.29 is 19.2 Å². The summed E-state index contributed by atoms with van der Waals surface area (Å²) in [7, 11) is 0. The van der Waals surface area contributed by atoms with E-state index >= 15 is 0 Å². The van der Waals surface area contributed by atoms with Crippen LogP contribution < -0.4 is 16.0 Å². The van der Waals surface area contributed by atoms with Crippen molar-refractivity contribution in [2.75, 3.05) is 6.54 Å². The predicted octanol–water partition coefficient (Wildman–Crippen LogP) is 1.16. The summed E-state index contributed by atoms with van der Waals surface area (Å²) in [6.45, 7) is 2.98. The van der Waals surface area contributed by atoms with Gasteiger partial charge >= 0.3 is 0 Å². The second-order valence-electron chi connectivity index (χ2n) is 9.61. The molecule has 1 aromatic carbocycles. The van der Waals surface area contributed by atoms with Crippen LogP contribution in [0, 0.1) is 0 Å². The lowest BCUT2D eigenvalue weighted by molar-refractivity contribution is -0.136. The molecule has 9 heteroatoms. The second-order valence-corrected chi connectivity index (χ2v) is 9.61. The molecule has 0 radical (unpaired) electrons. The third-order valence-corrected chi connectivity index (χ3v) is 7.74. The Bertz CT molecular complexity index is 1230. The van der Waals surface area contributed by atoms with Gasteiger partial charge in [-0.05, 0) is 49.4 Å². The summed E-state index contributed by atoms with van der Waals surface area (Å²) in [5, 5.41) is 9.37. The summed E-state index contributed by atoms with van der Waals surface area (Å²) in [5.74, 6) is -1.92. The van der Waals surface area contributed by atoms with E-state index in [1.807, 2.05) is 6.07 Å². The van der Waals surface area contributed by atoms with Crippen LogP contribution in [0.5, 0.6) is 0 Å². The molecule has 34 heavy (non-hydrogen) atoms. The molecule has 3 N–H and O–H groups in total. The standard InChI is InChI=1S/C25H27N5O4/c31-20-8-6-18(22(32)28-20)30-23(33)17-4-1-3-15(21(17)24(30)34)13-26-14-16-5-7-19-25(9-2-10-25)27-11-12-29(16)19/h1,3-5,7,18,26-27H,2,6,8-14H2,(H,28,31,32). The Morgan fingerprint density at radius 1 is 1.03 bits per heavy atom. The van der Waals surface area contributed by atoms with E-state index in [2.05, 4.69) is 32.7 Å². The van der Waals surface area contributed by atoms with Crippen LogP contribution in [0.3, 0.4) is 0 Å². The average Bonchev–Trinajstić information content (AvgIpc) is 3.33. The highest BCUT2D eigenvalue weighted by Gasteiger charge is 2.45. The Labute approximate surface area is 196 Å². The van der Waals surface area contributed by atoms with Gasteiger partial charge in [-0.25, -0.2) is 0 Å². The first kappa shape index (κ1) is 21.2. The van der Waals surface area contributed by atoms with E-state index in [4.69, 9.17) is 0 Å². The number of piperidine rings is 1. The van der Waals surface area contributed by atoms with E-state index in [9.17, 15) is 19.2 Å². The van der Waals surface area contributed by atoms with Gasteiger partial charge in [0.15, 0.2) is 0 Å². The summed E-state index contributed by atoms with van der Waals surface area (Å²) in [6.07, 6.45) is 3.88. The average molecular weight is 462 g/mol. The van der Waals surface area contributed by atoms with Crippen molar-refractivity contribution in [2.24, 2.45) is 0 Å². The molecule has 2 aromatic rings. The number of hydrogen-bond acceptors (Lipinski definition) is 6. The molecule has 0 bridgehead atoms. The molecule has 4 aliphatic rings. The van der Waals surface area contributed by atoms with Gasteiger partial charge in [0.05, 0.1) is 16.7 Å². The minimum Gasteiger partial charge on any atom is -0.344 e. The van der Waals surface area contributed by atoms with Gasteiger partial charge in [0.2, 0.25) is 11.8 Å². The Balaban J connectivity index is 1.19. The highest BCUT2D eigenvalue weighted by atomic mass is 16.2. The van der Waals surface area contributed by atoms with E-state index < -0.39 is 23.8 Å². The van der Waals surface area contributed by atoms with E-state index in [-0.39, 0.29) is 24.3 Å². The zero-order valence-corrected chi connectivity index (χ0v) is 18.9. The minimum atomic E-state index is -0.953. The van der Waals surface area contributed by atoms with Crippen molar-refractivity contribution in [3.63, 3.8) is 0 Å². The van der Waals surface area contributed by atoms with Gasteiger partial charge in [-0.1, -0.05) is 12.1 Å². The van der Waals surface area contributed by atoms with Crippen molar-refractivity contribution in [1.29, 1.82) is 0 Å². The minimum absolute atomic E-state index is 0.108. The smallest absolute Gasteiger partial charge is 0.262 e. The highest BCUT2D eigenvalue weighted by molar-refractivity contribution is 6.24. The van der Waals surface area contributed by atoms with Gasteiger partial charge < -0.3 is 15.2 Å². The fourth-order valence-electron chi connectivity index (χ4n) is 5.86. The molecule has 176 valence electrons. The van der Waals surface area contributed by atoms with Crippen molar-refractivity contribution >= 4 is 23.6 Å². The van der Waals surface area contributed by atoms with Gasteiger partial charge in [-0.15, -0.1) is 0 Å². The molecular weight excluding hydrogens is 434 g/mol. The quantitative estimate of drug-likeness (QED) is 0.576. The molecule has 1 aromatic heterocycles. The molecule has 1 saturated carbocycles. The number of benzene rings is 1. The van der Waals surface area contributed by atoms with Gasteiger partial charge in [0, 0.05) is 44.0 Å². The topological polar surface area (TPSA) is 113 Å². The summed E-state index contributed by atoms with van der Waals surface area (Å²) in [6, 6.07) is 8.67. The molecule has 1 saturated heterocycles.